The average Bonchev–Trinajstić information content (AvgIpc) is 2.89. The van der Waals surface area contributed by atoms with Gasteiger partial charge in [0.2, 0.25) is 0 Å². The number of nitrogen functional groups attached to an aromatic ring is 1. The normalized spacial score (nSPS) is 16.1. The Hall–Kier alpha value is -1.07. The van der Waals surface area contributed by atoms with Crippen LogP contribution in [0.4, 0.5) is 0 Å². The van der Waals surface area contributed by atoms with Crippen LogP contribution in [-0.2, 0) is 5.75 Å². The van der Waals surface area contributed by atoms with Crippen molar-refractivity contribution in [2.24, 2.45) is 5.84 Å². The molecule has 1 fully saturated rings. The van der Waals surface area contributed by atoms with Gasteiger partial charge in [0.1, 0.15) is 5.69 Å². The van der Waals surface area contributed by atoms with Crippen LogP contribution >= 0.6 is 11.8 Å². The zero-order chi connectivity index (χ0) is 12.1. The maximum Gasteiger partial charge on any atom is 0.283 e. The van der Waals surface area contributed by atoms with Gasteiger partial charge < -0.3 is 0 Å². The van der Waals surface area contributed by atoms with Crippen LogP contribution in [0, 0.1) is 0 Å². The van der Waals surface area contributed by atoms with Gasteiger partial charge in [0.15, 0.2) is 0 Å². The van der Waals surface area contributed by atoms with E-state index in [0.717, 1.165) is 16.7 Å². The zero-order valence-corrected chi connectivity index (χ0v) is 10.5. The molecule has 5 heteroatoms. The van der Waals surface area contributed by atoms with E-state index in [0.29, 0.717) is 5.69 Å². The third-order valence-electron chi connectivity index (χ3n) is 2.94. The van der Waals surface area contributed by atoms with Crippen molar-refractivity contribution in [2.75, 3.05) is 0 Å². The van der Waals surface area contributed by atoms with E-state index in [1.807, 2.05) is 23.9 Å². The Kier molecular flexibility index (Phi) is 4.39. The summed E-state index contributed by atoms with van der Waals surface area (Å²) in [5.74, 6) is 5.62. The van der Waals surface area contributed by atoms with Crippen molar-refractivity contribution in [3.63, 3.8) is 0 Å². The molecule has 4 nitrogen and oxygen atoms in total. The molecule has 1 saturated carbocycles. The molecule has 0 radical (unpaired) electrons. The Bertz CT molecular complexity index is 391. The van der Waals surface area contributed by atoms with Crippen LogP contribution < -0.4 is 11.3 Å². The van der Waals surface area contributed by atoms with Crippen LogP contribution in [0.2, 0.25) is 0 Å². The van der Waals surface area contributed by atoms with Gasteiger partial charge in [-0.05, 0) is 25.0 Å². The molecule has 1 amide bonds. The van der Waals surface area contributed by atoms with Gasteiger partial charge in [-0.2, -0.15) is 11.8 Å². The second-order valence-corrected chi connectivity index (χ2v) is 5.49. The van der Waals surface area contributed by atoms with Crippen LogP contribution in [0.3, 0.4) is 0 Å². The molecule has 0 saturated heterocycles. The Morgan fingerprint density at radius 1 is 1.47 bits per heavy atom. The molecule has 3 N–H and O–H groups in total. The van der Waals surface area contributed by atoms with Gasteiger partial charge in [0.25, 0.3) is 5.91 Å². The molecule has 0 spiro atoms. The highest BCUT2D eigenvalue weighted by Gasteiger charge is 2.15. The van der Waals surface area contributed by atoms with E-state index < -0.39 is 0 Å². The second-order valence-electron chi connectivity index (χ2n) is 4.21. The Balaban J connectivity index is 1.93. The van der Waals surface area contributed by atoms with Gasteiger partial charge in [-0.1, -0.05) is 18.9 Å². The molecule has 0 aromatic carbocycles. The van der Waals surface area contributed by atoms with Crippen LogP contribution in [0.1, 0.15) is 41.9 Å². The Morgan fingerprint density at radius 3 is 2.94 bits per heavy atom. The van der Waals surface area contributed by atoms with Crippen LogP contribution in [0.15, 0.2) is 18.2 Å². The molecule has 0 bridgehead atoms. The number of hydrogen-bond acceptors (Lipinski definition) is 4. The Morgan fingerprint density at radius 2 is 2.24 bits per heavy atom. The van der Waals surface area contributed by atoms with Gasteiger partial charge in [-0.15, -0.1) is 0 Å². The van der Waals surface area contributed by atoms with E-state index in [1.54, 1.807) is 6.07 Å². The molecule has 0 aliphatic heterocycles. The number of pyridine rings is 1. The van der Waals surface area contributed by atoms with Gasteiger partial charge in [-0.25, -0.2) is 10.8 Å². The third kappa shape index (κ3) is 3.44. The van der Waals surface area contributed by atoms with Crippen molar-refractivity contribution >= 4 is 17.7 Å². The predicted molar refractivity (Wildman–Crippen MR) is 69.4 cm³/mol. The third-order valence-corrected chi connectivity index (χ3v) is 4.34. The zero-order valence-electron chi connectivity index (χ0n) is 9.69. The lowest BCUT2D eigenvalue weighted by molar-refractivity contribution is 0.0948. The number of nitrogens with two attached hydrogens (primary N) is 1. The molecule has 1 aromatic heterocycles. The van der Waals surface area contributed by atoms with E-state index in [9.17, 15) is 4.79 Å². The average molecular weight is 251 g/mol. The quantitative estimate of drug-likeness (QED) is 0.487. The maximum atomic E-state index is 11.3. The lowest BCUT2D eigenvalue weighted by Gasteiger charge is -2.08. The number of aromatic nitrogens is 1. The second kappa shape index (κ2) is 6.02. The number of amides is 1. The van der Waals surface area contributed by atoms with Crippen molar-refractivity contribution in [1.29, 1.82) is 0 Å². The summed E-state index contributed by atoms with van der Waals surface area (Å²) in [5, 5.41) is 0.767. The summed E-state index contributed by atoms with van der Waals surface area (Å²) in [4.78, 5) is 15.6. The number of nitrogens with zero attached hydrogens (tertiary/aromatic N) is 1. The number of thioether (sulfide) groups is 1. The standard InChI is InChI=1S/C12H17N3OS/c13-15-12(16)11-7-3-4-9(14-11)8-17-10-5-1-2-6-10/h3-4,7,10H,1-2,5-6,8,13H2,(H,15,16). The minimum atomic E-state index is -0.335. The minimum Gasteiger partial charge on any atom is -0.289 e. The first kappa shape index (κ1) is 12.4. The van der Waals surface area contributed by atoms with Crippen molar-refractivity contribution in [1.82, 2.24) is 10.4 Å². The lowest BCUT2D eigenvalue weighted by Crippen LogP contribution is -2.30. The van der Waals surface area contributed by atoms with Crippen molar-refractivity contribution in [3.05, 3.63) is 29.6 Å². The summed E-state index contributed by atoms with van der Waals surface area (Å²) in [7, 11) is 0. The van der Waals surface area contributed by atoms with Gasteiger partial charge in [-0.3, -0.25) is 10.2 Å². The molecule has 1 aromatic rings. The summed E-state index contributed by atoms with van der Waals surface area (Å²) in [6, 6.07) is 5.48. The summed E-state index contributed by atoms with van der Waals surface area (Å²) < 4.78 is 0. The molecule has 0 unspecified atom stereocenters. The topological polar surface area (TPSA) is 68.0 Å². The van der Waals surface area contributed by atoms with E-state index in [-0.39, 0.29) is 5.91 Å². The summed E-state index contributed by atoms with van der Waals surface area (Å²) in [5.41, 5.74) is 3.43. The van der Waals surface area contributed by atoms with E-state index in [1.165, 1.54) is 25.7 Å². The molecule has 1 heterocycles. The molecule has 1 aliphatic carbocycles. The highest BCUT2D eigenvalue weighted by atomic mass is 32.2. The maximum absolute atomic E-state index is 11.3. The summed E-state index contributed by atoms with van der Waals surface area (Å²) in [6.07, 6.45) is 5.32. The predicted octanol–water partition coefficient (Wildman–Crippen LogP) is 1.86. The number of hydrogen-bond donors (Lipinski definition) is 2. The molecular weight excluding hydrogens is 234 g/mol. The molecular formula is C12H17N3OS. The SMILES string of the molecule is NNC(=O)c1cccc(CSC2CCCC2)n1. The van der Waals surface area contributed by atoms with E-state index in [4.69, 9.17) is 5.84 Å². The molecule has 1 aliphatic rings. The molecule has 92 valence electrons. The van der Waals surface area contributed by atoms with Gasteiger partial charge >= 0.3 is 0 Å². The number of nitrogens with one attached hydrogen (secondary N) is 1. The first-order valence-corrected chi connectivity index (χ1v) is 6.93. The number of rotatable bonds is 4. The highest BCUT2D eigenvalue weighted by molar-refractivity contribution is 7.99. The Labute approximate surface area is 105 Å². The number of carbonyl (C=O) groups is 1. The fourth-order valence-electron chi connectivity index (χ4n) is 2.02. The van der Waals surface area contributed by atoms with Gasteiger partial charge in [0, 0.05) is 11.0 Å². The van der Waals surface area contributed by atoms with Crippen LogP contribution in [-0.4, -0.2) is 16.1 Å². The van der Waals surface area contributed by atoms with E-state index in [2.05, 4.69) is 10.4 Å². The van der Waals surface area contributed by atoms with Gasteiger partial charge in [0.05, 0.1) is 5.69 Å². The summed E-state index contributed by atoms with van der Waals surface area (Å²) >= 11 is 1.94. The van der Waals surface area contributed by atoms with Crippen LogP contribution in [0.5, 0.6) is 0 Å². The fraction of sp³-hybridized carbons (Fsp3) is 0.500. The van der Waals surface area contributed by atoms with Crippen molar-refractivity contribution in [2.45, 2.75) is 36.7 Å². The largest absolute Gasteiger partial charge is 0.289 e. The number of hydrazine groups is 1. The highest BCUT2D eigenvalue weighted by Crippen LogP contribution is 2.31. The molecule has 2 rings (SSSR count). The lowest BCUT2D eigenvalue weighted by atomic mass is 10.3. The first-order chi connectivity index (χ1) is 8.29. The first-order valence-electron chi connectivity index (χ1n) is 5.88. The monoisotopic (exact) mass is 251 g/mol. The van der Waals surface area contributed by atoms with Crippen molar-refractivity contribution in [3.8, 4) is 0 Å². The van der Waals surface area contributed by atoms with Crippen molar-refractivity contribution < 1.29 is 4.79 Å². The van der Waals surface area contributed by atoms with E-state index >= 15 is 0 Å². The minimum absolute atomic E-state index is 0.335. The number of carbonyl (C=O) groups excluding carboxylic acids is 1. The molecule has 17 heavy (non-hydrogen) atoms. The molecule has 0 atom stereocenters. The smallest absolute Gasteiger partial charge is 0.283 e. The summed E-state index contributed by atoms with van der Waals surface area (Å²) in [6.45, 7) is 0. The fourth-order valence-corrected chi connectivity index (χ4v) is 3.25. The van der Waals surface area contributed by atoms with Crippen LogP contribution in [0.25, 0.3) is 0 Å².